The molecule has 0 N–H and O–H groups in total. The van der Waals surface area contributed by atoms with Crippen LogP contribution >= 0.6 is 15.9 Å². The van der Waals surface area contributed by atoms with Crippen LogP contribution in [0, 0.1) is 0 Å². The summed E-state index contributed by atoms with van der Waals surface area (Å²) >= 11 is 3.44. The fraction of sp³-hybridized carbons (Fsp3) is 0.294. The van der Waals surface area contributed by atoms with Crippen molar-refractivity contribution >= 4 is 21.6 Å². The van der Waals surface area contributed by atoms with Crippen molar-refractivity contribution in [3.05, 3.63) is 47.3 Å². The Morgan fingerprint density at radius 2 is 1.95 bits per heavy atom. The summed E-state index contributed by atoms with van der Waals surface area (Å²) in [5, 5.41) is 4.27. The fourth-order valence-corrected chi connectivity index (χ4v) is 3.00. The molecule has 3 aromatic rings. The Hall–Kier alpha value is -1.88. The summed E-state index contributed by atoms with van der Waals surface area (Å²) in [6, 6.07) is 8.22. The zero-order valence-corrected chi connectivity index (χ0v) is 13.9. The summed E-state index contributed by atoms with van der Waals surface area (Å²) in [5.74, 6) is 0.943. The first-order valence-corrected chi connectivity index (χ1v) is 8.27. The molecule has 0 atom stereocenters. The van der Waals surface area contributed by atoms with E-state index in [1.165, 1.54) is 12.8 Å². The molecule has 0 radical (unpaired) electrons. The zero-order chi connectivity index (χ0) is 15.2. The van der Waals surface area contributed by atoms with Gasteiger partial charge in [-0.25, -0.2) is 9.50 Å². The third-order valence-electron chi connectivity index (χ3n) is 4.29. The number of hydrogen-bond donors (Lipinski definition) is 0. The van der Waals surface area contributed by atoms with Crippen LogP contribution in [0.15, 0.2) is 47.3 Å². The van der Waals surface area contributed by atoms with E-state index in [0.717, 1.165) is 33.4 Å². The minimum absolute atomic E-state index is 0.101. The van der Waals surface area contributed by atoms with Crippen molar-refractivity contribution in [2.75, 3.05) is 0 Å². The van der Waals surface area contributed by atoms with Crippen LogP contribution in [0.4, 0.5) is 0 Å². The number of benzene rings is 1. The van der Waals surface area contributed by atoms with Gasteiger partial charge in [-0.15, -0.1) is 0 Å². The molecule has 5 heteroatoms. The topological polar surface area (TPSA) is 39.4 Å². The Kier molecular flexibility index (Phi) is 3.18. The molecule has 0 spiro atoms. The third-order valence-corrected chi connectivity index (χ3v) is 4.85. The molecule has 0 unspecified atom stereocenters. The first-order valence-electron chi connectivity index (χ1n) is 7.47. The maximum atomic E-state index is 6.09. The Labute approximate surface area is 137 Å². The van der Waals surface area contributed by atoms with Crippen molar-refractivity contribution in [1.82, 2.24) is 14.6 Å². The largest absolute Gasteiger partial charge is 0.487 e. The second-order valence-electron chi connectivity index (χ2n) is 5.77. The molecule has 0 amide bonds. The molecule has 0 saturated heterocycles. The molecule has 112 valence electrons. The summed E-state index contributed by atoms with van der Waals surface area (Å²) in [5.41, 5.74) is 3.06. The zero-order valence-electron chi connectivity index (χ0n) is 12.3. The van der Waals surface area contributed by atoms with Crippen LogP contribution in [-0.2, 0) is 0 Å². The van der Waals surface area contributed by atoms with Gasteiger partial charge in [0.05, 0.1) is 10.7 Å². The van der Waals surface area contributed by atoms with Crippen LogP contribution in [0.5, 0.6) is 5.75 Å². The Morgan fingerprint density at radius 1 is 1.18 bits per heavy atom. The van der Waals surface area contributed by atoms with Gasteiger partial charge in [0.15, 0.2) is 5.65 Å². The Bertz CT molecular complexity index is 822. The minimum atomic E-state index is 0.101. The van der Waals surface area contributed by atoms with E-state index in [2.05, 4.69) is 45.1 Å². The number of aromatic nitrogens is 3. The molecule has 1 fully saturated rings. The number of rotatable bonds is 4. The van der Waals surface area contributed by atoms with Crippen LogP contribution in [0.2, 0.25) is 0 Å². The molecule has 4 rings (SSSR count). The number of ether oxygens (including phenoxy) is 1. The molecule has 1 saturated carbocycles. The summed E-state index contributed by atoms with van der Waals surface area (Å²) < 4.78 is 8.77. The second kappa shape index (κ2) is 5.09. The van der Waals surface area contributed by atoms with E-state index < -0.39 is 0 Å². The quantitative estimate of drug-likeness (QED) is 0.690. The first-order chi connectivity index (χ1) is 10.7. The van der Waals surface area contributed by atoms with Gasteiger partial charge < -0.3 is 4.74 Å². The van der Waals surface area contributed by atoms with E-state index in [0.29, 0.717) is 0 Å². The fourth-order valence-electron chi connectivity index (χ4n) is 2.63. The lowest BCUT2D eigenvalue weighted by Gasteiger charge is -2.16. The maximum absolute atomic E-state index is 6.09. The monoisotopic (exact) mass is 357 g/mol. The van der Waals surface area contributed by atoms with E-state index in [9.17, 15) is 0 Å². The van der Waals surface area contributed by atoms with Crippen molar-refractivity contribution in [3.8, 4) is 16.9 Å². The van der Waals surface area contributed by atoms with Gasteiger partial charge in [-0.3, -0.25) is 0 Å². The van der Waals surface area contributed by atoms with Gasteiger partial charge in [0.2, 0.25) is 0 Å². The SMILES string of the molecule is CCC1(Oc2ccc(-c3cnc4c(Br)cnn4c3)cc2)CC1. The van der Waals surface area contributed by atoms with Gasteiger partial charge in [-0.05, 0) is 52.9 Å². The van der Waals surface area contributed by atoms with Crippen LogP contribution in [0.3, 0.4) is 0 Å². The average Bonchev–Trinajstić information content (AvgIpc) is 3.24. The Morgan fingerprint density at radius 3 is 2.64 bits per heavy atom. The maximum Gasteiger partial charge on any atom is 0.169 e. The summed E-state index contributed by atoms with van der Waals surface area (Å²) in [6.07, 6.45) is 9.01. The summed E-state index contributed by atoms with van der Waals surface area (Å²) in [4.78, 5) is 4.44. The van der Waals surface area contributed by atoms with E-state index in [1.54, 1.807) is 10.7 Å². The highest BCUT2D eigenvalue weighted by Gasteiger charge is 2.43. The predicted octanol–water partition coefficient (Wildman–Crippen LogP) is 4.48. The molecule has 2 heterocycles. The number of fused-ring (bicyclic) bond motifs is 1. The molecular formula is C17H16BrN3O. The smallest absolute Gasteiger partial charge is 0.169 e. The number of nitrogens with zero attached hydrogens (tertiary/aromatic N) is 3. The predicted molar refractivity (Wildman–Crippen MR) is 89.0 cm³/mol. The van der Waals surface area contributed by atoms with Gasteiger partial charge in [0, 0.05) is 18.0 Å². The number of halogens is 1. The standard InChI is InChI=1S/C17H16BrN3O/c1-2-17(7-8-17)22-14-5-3-12(4-6-14)13-9-19-16-15(18)10-20-21(16)11-13/h3-6,9-11H,2,7-8H2,1H3. The summed E-state index contributed by atoms with van der Waals surface area (Å²) in [6.45, 7) is 2.18. The van der Waals surface area contributed by atoms with Gasteiger partial charge in [-0.1, -0.05) is 19.1 Å². The van der Waals surface area contributed by atoms with Crippen LogP contribution in [-0.4, -0.2) is 20.2 Å². The van der Waals surface area contributed by atoms with Crippen molar-refractivity contribution in [2.45, 2.75) is 31.8 Å². The van der Waals surface area contributed by atoms with E-state index in [1.807, 2.05) is 24.5 Å². The van der Waals surface area contributed by atoms with Crippen molar-refractivity contribution < 1.29 is 4.74 Å². The molecule has 1 aliphatic carbocycles. The van der Waals surface area contributed by atoms with Crippen molar-refractivity contribution in [2.24, 2.45) is 0 Å². The highest BCUT2D eigenvalue weighted by Crippen LogP contribution is 2.43. The normalized spacial score (nSPS) is 15.9. The van der Waals surface area contributed by atoms with Crippen molar-refractivity contribution in [1.29, 1.82) is 0 Å². The van der Waals surface area contributed by atoms with Gasteiger partial charge in [0.25, 0.3) is 0 Å². The third kappa shape index (κ3) is 2.39. The summed E-state index contributed by atoms with van der Waals surface area (Å²) in [7, 11) is 0. The Balaban J connectivity index is 1.61. The molecule has 22 heavy (non-hydrogen) atoms. The van der Waals surface area contributed by atoms with Crippen molar-refractivity contribution in [3.63, 3.8) is 0 Å². The molecule has 1 aliphatic rings. The molecule has 0 bridgehead atoms. The van der Waals surface area contributed by atoms with E-state index >= 15 is 0 Å². The average molecular weight is 358 g/mol. The molecule has 4 nitrogen and oxygen atoms in total. The first kappa shape index (κ1) is 13.8. The second-order valence-corrected chi connectivity index (χ2v) is 6.62. The number of hydrogen-bond acceptors (Lipinski definition) is 3. The van der Waals surface area contributed by atoms with Crippen LogP contribution < -0.4 is 4.74 Å². The van der Waals surface area contributed by atoms with E-state index in [-0.39, 0.29) is 5.60 Å². The van der Waals surface area contributed by atoms with Gasteiger partial charge >= 0.3 is 0 Å². The van der Waals surface area contributed by atoms with Crippen LogP contribution in [0.25, 0.3) is 16.8 Å². The van der Waals surface area contributed by atoms with Gasteiger partial charge in [-0.2, -0.15) is 5.10 Å². The highest BCUT2D eigenvalue weighted by atomic mass is 79.9. The lowest BCUT2D eigenvalue weighted by molar-refractivity contribution is 0.174. The lowest BCUT2D eigenvalue weighted by Crippen LogP contribution is -2.16. The molecular weight excluding hydrogens is 342 g/mol. The molecule has 0 aliphatic heterocycles. The minimum Gasteiger partial charge on any atom is -0.487 e. The van der Waals surface area contributed by atoms with E-state index in [4.69, 9.17) is 4.74 Å². The lowest BCUT2D eigenvalue weighted by atomic mass is 10.1. The van der Waals surface area contributed by atoms with Gasteiger partial charge in [0.1, 0.15) is 11.4 Å². The highest BCUT2D eigenvalue weighted by molar-refractivity contribution is 9.10. The van der Waals surface area contributed by atoms with Crippen LogP contribution in [0.1, 0.15) is 26.2 Å². The molecule has 2 aromatic heterocycles. The molecule has 1 aromatic carbocycles.